The second kappa shape index (κ2) is 15.2. The number of aromatic nitrogens is 3. The molecule has 0 spiro atoms. The van der Waals surface area contributed by atoms with Crippen LogP contribution in [-0.4, -0.2) is 22.6 Å². The molecule has 0 bridgehead atoms. The summed E-state index contributed by atoms with van der Waals surface area (Å²) in [5.41, 5.74) is 8.53. The van der Waals surface area contributed by atoms with E-state index in [1.54, 1.807) is 23.5 Å². The van der Waals surface area contributed by atoms with Gasteiger partial charge in [-0.25, -0.2) is 0 Å². The number of para-hydroxylation sites is 2. The van der Waals surface area contributed by atoms with Crippen LogP contribution in [0.4, 0.5) is 0 Å². The van der Waals surface area contributed by atoms with E-state index < -0.39 is 20.8 Å². The van der Waals surface area contributed by atoms with Gasteiger partial charge in [0.15, 0.2) is 0 Å². The van der Waals surface area contributed by atoms with Crippen LogP contribution in [0.3, 0.4) is 0 Å². The fourth-order valence-electron chi connectivity index (χ4n) is 6.46. The van der Waals surface area contributed by atoms with Crippen molar-refractivity contribution >= 4 is 55.8 Å². The van der Waals surface area contributed by atoms with Crippen molar-refractivity contribution in [3.8, 4) is 33.8 Å². The van der Waals surface area contributed by atoms with Crippen LogP contribution in [-0.2, 0) is 26.7 Å². The van der Waals surface area contributed by atoms with Gasteiger partial charge < -0.3 is 9.55 Å². The first-order valence-electron chi connectivity index (χ1n) is 19.0. The number of benzene rings is 5. The van der Waals surface area contributed by atoms with E-state index in [9.17, 15) is 0 Å². The number of aryl methyl sites for hydroxylation is 2. The average Bonchev–Trinajstić information content (AvgIpc) is 3.72. The van der Waals surface area contributed by atoms with Gasteiger partial charge >= 0.3 is 0 Å². The normalized spacial score (nSPS) is 13.1. The van der Waals surface area contributed by atoms with Gasteiger partial charge in [-0.05, 0) is 76.0 Å². The second-order valence-corrected chi connectivity index (χ2v) is 19.9. The van der Waals surface area contributed by atoms with Crippen molar-refractivity contribution in [2.75, 3.05) is 0 Å². The third-order valence-corrected chi connectivity index (χ3v) is 12.2. The quantitative estimate of drug-likeness (QED) is 0.123. The smallest absolute Gasteiger partial charge is 0.0799 e. The number of pyridine rings is 1. The summed E-state index contributed by atoms with van der Waals surface area (Å²) >= 11 is 1.76. The van der Waals surface area contributed by atoms with Crippen molar-refractivity contribution in [3.05, 3.63) is 139 Å². The molecule has 5 aromatic carbocycles. The molecule has 51 heavy (non-hydrogen) atoms. The van der Waals surface area contributed by atoms with Gasteiger partial charge in [-0.15, -0.1) is 59.7 Å². The van der Waals surface area contributed by atoms with Gasteiger partial charge in [0, 0.05) is 43.0 Å². The number of thiophene rings is 1. The molecule has 0 aliphatic carbocycles. The zero-order valence-electron chi connectivity index (χ0n) is 33.8. The Kier molecular flexibility index (Phi) is 9.39. The fraction of sp³-hybridized carbons (Fsp3) is 0.200. The first-order chi connectivity index (χ1) is 25.6. The topological polar surface area (TPSA) is 30.7 Å². The molecule has 8 rings (SSSR count). The maximum Gasteiger partial charge on any atom is 0.0799 e. The van der Waals surface area contributed by atoms with Crippen molar-refractivity contribution in [1.29, 1.82) is 0 Å². The van der Waals surface area contributed by atoms with Crippen LogP contribution in [0, 0.1) is 19.0 Å². The van der Waals surface area contributed by atoms with Crippen molar-refractivity contribution in [2.24, 2.45) is 0 Å². The molecule has 0 fully saturated rings. The summed E-state index contributed by atoms with van der Waals surface area (Å²) in [7, 11) is -1.50. The molecule has 0 saturated heterocycles. The molecule has 1 radical (unpaired) electrons. The van der Waals surface area contributed by atoms with Gasteiger partial charge in [0.25, 0.3) is 0 Å². The van der Waals surface area contributed by atoms with E-state index in [-0.39, 0.29) is 20.1 Å². The summed E-state index contributed by atoms with van der Waals surface area (Å²) < 4.78 is 35.9. The molecule has 3 nitrogen and oxygen atoms in total. The van der Waals surface area contributed by atoms with Crippen LogP contribution in [0.15, 0.2) is 115 Å². The average molecular weight is 882 g/mol. The van der Waals surface area contributed by atoms with Crippen LogP contribution < -0.4 is 5.19 Å². The molecule has 0 N–H and O–H groups in total. The minimum atomic E-state index is -2.09. The molecule has 0 aliphatic rings. The zero-order valence-corrected chi connectivity index (χ0v) is 34.0. The van der Waals surface area contributed by atoms with E-state index in [1.165, 1.54) is 25.4 Å². The molecular weight excluding hydrogens is 835 g/mol. The minimum absolute atomic E-state index is 0. The maximum atomic E-state index is 8.44. The van der Waals surface area contributed by atoms with E-state index >= 15 is 0 Å². The van der Waals surface area contributed by atoms with Crippen LogP contribution in [0.25, 0.3) is 65.0 Å². The molecule has 6 heteroatoms. The predicted octanol–water partition coefficient (Wildman–Crippen LogP) is 12.1. The number of hydrogen-bond acceptors (Lipinski definition) is 3. The summed E-state index contributed by atoms with van der Waals surface area (Å²) in [6.45, 7) is 11.7. The summed E-state index contributed by atoms with van der Waals surface area (Å²) in [5.74, 6) is 0.323. The first kappa shape index (κ1) is 31.5. The first-order valence-corrected chi connectivity index (χ1v) is 21.4. The Morgan fingerprint density at radius 1 is 0.843 bits per heavy atom. The zero-order chi connectivity index (χ0) is 38.4. The third-order valence-electron chi connectivity index (χ3n) is 9.07. The van der Waals surface area contributed by atoms with E-state index in [4.69, 9.17) is 10.5 Å². The Morgan fingerprint density at radius 3 is 2.29 bits per heavy atom. The maximum absolute atomic E-state index is 8.44. The van der Waals surface area contributed by atoms with Gasteiger partial charge in [-0.3, -0.25) is 4.98 Å². The van der Waals surface area contributed by atoms with Crippen LogP contribution in [0.2, 0.25) is 19.6 Å². The number of rotatable bonds is 6. The molecule has 0 unspecified atom stereocenters. The van der Waals surface area contributed by atoms with E-state index in [0.717, 1.165) is 56.9 Å². The SMILES string of the molecule is [2H]C(C)(C)c1cc(-c2[c-]cccc2)ncc1[Si](C)(C)C.[2H]C([2H])([2H])c1ccc(-c2ccc3sc4c[c-]c(-c5nc6ccccc6n5CC)cc4c3c2)cc1.[Ir]. The summed E-state index contributed by atoms with van der Waals surface area (Å²) in [6, 6.07) is 42.7. The molecule has 3 heterocycles. The van der Waals surface area contributed by atoms with Crippen molar-refractivity contribution in [2.45, 2.75) is 59.7 Å². The summed E-state index contributed by atoms with van der Waals surface area (Å²) in [4.78, 5) is 9.52. The van der Waals surface area contributed by atoms with Crippen LogP contribution in [0.1, 0.15) is 43.3 Å². The number of imidazole rings is 1. The molecule has 0 amide bonds. The number of fused-ring (bicyclic) bond motifs is 4. The molecule has 0 atom stereocenters. The van der Waals surface area contributed by atoms with Gasteiger partial charge in [0.1, 0.15) is 0 Å². The molecule has 8 aromatic rings. The Hall–Kier alpha value is -4.19. The molecule has 0 saturated carbocycles. The van der Waals surface area contributed by atoms with E-state index in [0.29, 0.717) is 5.56 Å². The monoisotopic (exact) mass is 882 g/mol. The van der Waals surface area contributed by atoms with E-state index in [1.807, 2.05) is 74.6 Å². The second-order valence-electron chi connectivity index (χ2n) is 13.8. The number of hydrogen-bond donors (Lipinski definition) is 0. The summed E-state index contributed by atoms with van der Waals surface area (Å²) in [6.07, 6.45) is 1.98. The van der Waals surface area contributed by atoms with Crippen molar-refractivity contribution in [1.82, 2.24) is 14.5 Å². The number of nitrogens with zero attached hydrogens (tertiary/aromatic N) is 3. The van der Waals surface area contributed by atoms with Gasteiger partial charge in [-0.1, -0.05) is 98.5 Å². The fourth-order valence-corrected chi connectivity index (χ4v) is 9.09. The standard InChI is InChI=1S/C28H21N2S.C17H22NSi.Ir/c1-3-30-25-7-5-4-6-24(25)29-28(30)21-13-15-27-23(17-21)22-16-20(12-14-26(22)31-27)19-10-8-18(2)9-11-19;1-13(2)15-11-16(14-9-7-6-8-10-14)18-12-17(15)19(3,4)5;/h4-12,14-17H,3H2,1-2H3;6-9,11-13H,1-5H3;/q2*-1;/i2D3;13D;. The Morgan fingerprint density at radius 2 is 1.59 bits per heavy atom. The van der Waals surface area contributed by atoms with Gasteiger partial charge in [0.05, 0.1) is 24.9 Å². The third kappa shape index (κ3) is 7.56. The van der Waals surface area contributed by atoms with Gasteiger partial charge in [-0.2, -0.15) is 11.3 Å². The van der Waals surface area contributed by atoms with E-state index in [2.05, 4.69) is 90.7 Å². The minimum Gasteiger partial charge on any atom is -0.364 e. The molecule has 259 valence electrons. The summed E-state index contributed by atoms with van der Waals surface area (Å²) in [5, 5.41) is 3.65. The molecule has 0 aliphatic heterocycles. The largest absolute Gasteiger partial charge is 0.364 e. The Bertz CT molecular complexity index is 2600. The van der Waals surface area contributed by atoms with Crippen molar-refractivity contribution < 1.29 is 25.6 Å². The Balaban J connectivity index is 0.000000211. The molecule has 3 aromatic heterocycles. The van der Waals surface area contributed by atoms with Crippen molar-refractivity contribution in [3.63, 3.8) is 0 Å². The van der Waals surface area contributed by atoms with Crippen LogP contribution in [0.5, 0.6) is 0 Å². The molecular formula is C45H43IrN3SSi-2. The van der Waals surface area contributed by atoms with Crippen LogP contribution >= 0.6 is 11.3 Å². The predicted molar refractivity (Wildman–Crippen MR) is 218 cm³/mol. The van der Waals surface area contributed by atoms with Gasteiger partial charge in [0.2, 0.25) is 0 Å². The Labute approximate surface area is 326 Å².